The smallest absolute Gasteiger partial charge is 0.220 e. The maximum Gasteiger partial charge on any atom is 0.220 e. The van der Waals surface area contributed by atoms with E-state index in [9.17, 15) is 4.79 Å². The Bertz CT molecular complexity index is 687. The van der Waals surface area contributed by atoms with Gasteiger partial charge < -0.3 is 10.2 Å². The van der Waals surface area contributed by atoms with Gasteiger partial charge in [-0.1, -0.05) is 42.5 Å². The zero-order chi connectivity index (χ0) is 17.4. The normalized spacial score (nSPS) is 11.8. The average Bonchev–Trinajstić information content (AvgIpc) is 2.61. The number of nitrogens with one attached hydrogen (secondary N) is 1. The summed E-state index contributed by atoms with van der Waals surface area (Å²) in [6.07, 6.45) is 1.12. The van der Waals surface area contributed by atoms with Crippen LogP contribution in [0, 0.1) is 11.3 Å². The maximum absolute atomic E-state index is 12.1. The number of hydrogen-bond acceptors (Lipinski definition) is 3. The minimum absolute atomic E-state index is 0.0436. The van der Waals surface area contributed by atoms with E-state index in [2.05, 4.69) is 28.4 Å². The predicted octanol–water partition coefficient (Wildman–Crippen LogP) is 2.91. The highest BCUT2D eigenvalue weighted by Gasteiger charge is 2.14. The molecule has 24 heavy (non-hydrogen) atoms. The molecule has 0 radical (unpaired) electrons. The quantitative estimate of drug-likeness (QED) is 0.853. The zero-order valence-electron chi connectivity index (χ0n) is 14.2. The third kappa shape index (κ3) is 5.22. The molecule has 0 aliphatic rings. The molecule has 4 nitrogen and oxygen atoms in total. The van der Waals surface area contributed by atoms with Crippen LogP contribution in [0.3, 0.4) is 0 Å². The summed E-state index contributed by atoms with van der Waals surface area (Å²) in [5.74, 6) is 0.0436. The molecule has 0 bridgehead atoms. The molecule has 2 aromatic carbocycles. The molecule has 1 N–H and O–H groups in total. The van der Waals surface area contributed by atoms with E-state index in [4.69, 9.17) is 5.26 Å². The molecular formula is C20H23N3O. The van der Waals surface area contributed by atoms with Crippen LogP contribution in [0.25, 0.3) is 0 Å². The third-order valence-electron chi connectivity index (χ3n) is 4.02. The number of amides is 1. The Morgan fingerprint density at radius 2 is 1.79 bits per heavy atom. The van der Waals surface area contributed by atoms with E-state index < -0.39 is 0 Å². The van der Waals surface area contributed by atoms with Crippen LogP contribution in [0.1, 0.15) is 29.2 Å². The van der Waals surface area contributed by atoms with Crippen LogP contribution in [-0.4, -0.2) is 31.4 Å². The third-order valence-corrected chi connectivity index (χ3v) is 4.02. The number of nitrogens with zero attached hydrogens (tertiary/aromatic N) is 2. The van der Waals surface area contributed by atoms with Gasteiger partial charge in [-0.25, -0.2) is 0 Å². The molecule has 0 spiro atoms. The predicted molar refractivity (Wildman–Crippen MR) is 95.4 cm³/mol. The molecular weight excluding hydrogens is 298 g/mol. The van der Waals surface area contributed by atoms with Crippen molar-refractivity contribution in [3.63, 3.8) is 0 Å². The minimum Gasteiger partial charge on any atom is -0.354 e. The molecule has 0 aliphatic heterocycles. The standard InChI is InChI=1S/C20H23N3O/c1-23(2)19(18-6-4-3-5-7-18)15-22-20(24)13-12-16-8-10-17(14-21)11-9-16/h3-11,19H,12-13,15H2,1-2H3,(H,22,24). The summed E-state index contributed by atoms with van der Waals surface area (Å²) < 4.78 is 0. The van der Waals surface area contributed by atoms with Crippen LogP contribution in [0.4, 0.5) is 0 Å². The van der Waals surface area contributed by atoms with Crippen LogP contribution in [-0.2, 0) is 11.2 Å². The van der Waals surface area contributed by atoms with Crippen molar-refractivity contribution < 1.29 is 4.79 Å². The van der Waals surface area contributed by atoms with Gasteiger partial charge in [-0.3, -0.25) is 4.79 Å². The summed E-state index contributed by atoms with van der Waals surface area (Å²) in [6, 6.07) is 19.8. The molecule has 0 saturated heterocycles. The van der Waals surface area contributed by atoms with Gasteiger partial charge in [0.2, 0.25) is 5.91 Å². The second-order valence-corrected chi connectivity index (χ2v) is 6.00. The van der Waals surface area contributed by atoms with E-state index in [1.165, 1.54) is 5.56 Å². The van der Waals surface area contributed by atoms with Gasteiger partial charge >= 0.3 is 0 Å². The Morgan fingerprint density at radius 3 is 2.38 bits per heavy atom. The molecule has 1 amide bonds. The van der Waals surface area contributed by atoms with Crippen molar-refractivity contribution in [3.05, 3.63) is 71.3 Å². The SMILES string of the molecule is CN(C)C(CNC(=O)CCc1ccc(C#N)cc1)c1ccccc1. The number of hydrogen-bond donors (Lipinski definition) is 1. The highest BCUT2D eigenvalue weighted by atomic mass is 16.1. The number of nitriles is 1. The minimum atomic E-state index is 0.0436. The van der Waals surface area contributed by atoms with Crippen molar-refractivity contribution in [3.8, 4) is 6.07 Å². The van der Waals surface area contributed by atoms with Crippen molar-refractivity contribution in [1.29, 1.82) is 5.26 Å². The van der Waals surface area contributed by atoms with E-state index >= 15 is 0 Å². The number of likely N-dealkylation sites (N-methyl/N-ethyl adjacent to an activating group) is 1. The molecule has 2 rings (SSSR count). The van der Waals surface area contributed by atoms with Crippen LogP contribution in [0.15, 0.2) is 54.6 Å². The fourth-order valence-electron chi connectivity index (χ4n) is 2.58. The highest BCUT2D eigenvalue weighted by molar-refractivity contribution is 5.76. The van der Waals surface area contributed by atoms with Gasteiger partial charge in [-0.15, -0.1) is 0 Å². The molecule has 0 fully saturated rings. The lowest BCUT2D eigenvalue weighted by atomic mass is 10.1. The molecule has 124 valence electrons. The van der Waals surface area contributed by atoms with Crippen LogP contribution >= 0.6 is 0 Å². The number of benzene rings is 2. The van der Waals surface area contributed by atoms with Gasteiger partial charge in [0.15, 0.2) is 0 Å². The molecule has 0 aliphatic carbocycles. The van der Waals surface area contributed by atoms with Gasteiger partial charge in [0.25, 0.3) is 0 Å². The summed E-state index contributed by atoms with van der Waals surface area (Å²) in [4.78, 5) is 14.2. The summed E-state index contributed by atoms with van der Waals surface area (Å²) in [5.41, 5.74) is 2.89. The first-order valence-corrected chi connectivity index (χ1v) is 8.07. The fourth-order valence-corrected chi connectivity index (χ4v) is 2.58. The van der Waals surface area contributed by atoms with Crippen molar-refractivity contribution in [2.75, 3.05) is 20.6 Å². The summed E-state index contributed by atoms with van der Waals surface area (Å²) in [6.45, 7) is 0.587. The molecule has 1 unspecified atom stereocenters. The molecule has 0 aromatic heterocycles. The Labute approximate surface area is 143 Å². The monoisotopic (exact) mass is 321 g/mol. The van der Waals surface area contributed by atoms with E-state index in [0.29, 0.717) is 24.9 Å². The fraction of sp³-hybridized carbons (Fsp3) is 0.300. The van der Waals surface area contributed by atoms with Crippen LogP contribution in [0.5, 0.6) is 0 Å². The average molecular weight is 321 g/mol. The van der Waals surface area contributed by atoms with Gasteiger partial charge in [0.05, 0.1) is 17.7 Å². The van der Waals surface area contributed by atoms with Crippen LogP contribution in [0.2, 0.25) is 0 Å². The lowest BCUT2D eigenvalue weighted by molar-refractivity contribution is -0.121. The van der Waals surface area contributed by atoms with Crippen molar-refractivity contribution in [2.45, 2.75) is 18.9 Å². The molecule has 2 aromatic rings. The Balaban J connectivity index is 1.84. The summed E-state index contributed by atoms with van der Waals surface area (Å²) >= 11 is 0. The lowest BCUT2D eigenvalue weighted by Crippen LogP contribution is -2.34. The number of carbonyl (C=O) groups excluding carboxylic acids is 1. The van der Waals surface area contributed by atoms with Gasteiger partial charge in [0, 0.05) is 13.0 Å². The highest BCUT2D eigenvalue weighted by Crippen LogP contribution is 2.16. The Hall–Kier alpha value is -2.64. The van der Waals surface area contributed by atoms with E-state index in [1.54, 1.807) is 12.1 Å². The van der Waals surface area contributed by atoms with Crippen LogP contribution < -0.4 is 5.32 Å². The summed E-state index contributed by atoms with van der Waals surface area (Å²) in [7, 11) is 4.03. The van der Waals surface area contributed by atoms with Crippen molar-refractivity contribution in [1.82, 2.24) is 10.2 Å². The molecule has 1 atom stereocenters. The van der Waals surface area contributed by atoms with E-state index in [-0.39, 0.29) is 11.9 Å². The van der Waals surface area contributed by atoms with E-state index in [1.807, 2.05) is 44.4 Å². The first kappa shape index (κ1) is 17.7. The zero-order valence-corrected chi connectivity index (χ0v) is 14.2. The van der Waals surface area contributed by atoms with Gasteiger partial charge in [-0.2, -0.15) is 5.26 Å². The molecule has 0 heterocycles. The maximum atomic E-state index is 12.1. The molecule has 0 saturated carbocycles. The second kappa shape index (κ2) is 8.85. The number of aryl methyl sites for hydroxylation is 1. The number of carbonyl (C=O) groups is 1. The first-order chi connectivity index (χ1) is 11.6. The van der Waals surface area contributed by atoms with Gasteiger partial charge in [-0.05, 0) is 43.8 Å². The Morgan fingerprint density at radius 1 is 1.12 bits per heavy atom. The first-order valence-electron chi connectivity index (χ1n) is 8.07. The lowest BCUT2D eigenvalue weighted by Gasteiger charge is -2.25. The summed E-state index contributed by atoms with van der Waals surface area (Å²) in [5, 5.41) is 11.8. The molecule has 4 heteroatoms. The van der Waals surface area contributed by atoms with Crippen molar-refractivity contribution >= 4 is 5.91 Å². The van der Waals surface area contributed by atoms with Gasteiger partial charge in [0.1, 0.15) is 0 Å². The Kier molecular flexibility index (Phi) is 6.53. The van der Waals surface area contributed by atoms with E-state index in [0.717, 1.165) is 5.56 Å². The number of rotatable bonds is 7. The largest absolute Gasteiger partial charge is 0.354 e. The second-order valence-electron chi connectivity index (χ2n) is 6.00. The topological polar surface area (TPSA) is 56.1 Å². The van der Waals surface area contributed by atoms with Crippen molar-refractivity contribution in [2.24, 2.45) is 0 Å².